The zero-order valence-corrected chi connectivity index (χ0v) is 25.8. The molecule has 0 spiro atoms. The van der Waals surface area contributed by atoms with Gasteiger partial charge in [0.2, 0.25) is 11.8 Å². The lowest BCUT2D eigenvalue weighted by atomic mass is 9.71. The van der Waals surface area contributed by atoms with Crippen molar-refractivity contribution in [2.45, 2.75) is 121 Å². The first-order valence-corrected chi connectivity index (χ1v) is 15.9. The van der Waals surface area contributed by atoms with Crippen LogP contribution in [0.15, 0.2) is 60.7 Å². The van der Waals surface area contributed by atoms with E-state index in [1.54, 1.807) is 4.90 Å². The van der Waals surface area contributed by atoms with E-state index >= 15 is 0 Å². The van der Waals surface area contributed by atoms with Crippen LogP contribution < -0.4 is 5.32 Å². The average Bonchev–Trinajstić information content (AvgIpc) is 3.29. The SMILES string of the molecule is CCCCC1(CCCC)CCC(=O)N(CCC23CCC(CC(OC(c4ccccc4)c4ccccc4)C2)N3)C1=O.Cl. The van der Waals surface area contributed by atoms with Crippen LogP contribution >= 0.6 is 12.4 Å². The second-order valence-corrected chi connectivity index (χ2v) is 12.6. The van der Waals surface area contributed by atoms with Crippen LogP contribution in [0.5, 0.6) is 0 Å². The third-order valence-electron chi connectivity index (χ3n) is 9.83. The molecule has 2 aromatic carbocycles. The van der Waals surface area contributed by atoms with Crippen LogP contribution in [0.1, 0.15) is 115 Å². The maximum Gasteiger partial charge on any atom is 0.235 e. The lowest BCUT2D eigenvalue weighted by molar-refractivity contribution is -0.159. The van der Waals surface area contributed by atoms with Gasteiger partial charge in [-0.25, -0.2) is 0 Å². The molecule has 5 rings (SSSR count). The summed E-state index contributed by atoms with van der Waals surface area (Å²) in [6.45, 7) is 4.89. The molecule has 2 bridgehead atoms. The summed E-state index contributed by atoms with van der Waals surface area (Å²) in [5.41, 5.74) is 1.92. The number of rotatable bonds is 13. The Hall–Kier alpha value is -2.21. The monoisotopic (exact) mass is 580 g/mol. The summed E-state index contributed by atoms with van der Waals surface area (Å²) in [6, 6.07) is 21.5. The first-order chi connectivity index (χ1) is 19.5. The fourth-order valence-electron chi connectivity index (χ4n) is 7.56. The van der Waals surface area contributed by atoms with Crippen molar-refractivity contribution < 1.29 is 14.3 Å². The highest BCUT2D eigenvalue weighted by molar-refractivity contribution is 6.00. The summed E-state index contributed by atoms with van der Waals surface area (Å²) < 4.78 is 6.94. The van der Waals surface area contributed by atoms with Gasteiger partial charge in [-0.3, -0.25) is 14.5 Å². The standard InChI is InChI=1S/C35H48N2O3.ClH/c1-3-5-19-34(20-6-4-2)21-18-31(38)37(33(34)39)24-23-35-22-17-29(36-35)25-30(26-35)40-32(27-13-9-7-10-14-27)28-15-11-8-12-16-28;/h7-16,29-30,32,36H,3-6,17-26H2,1-2H3;1H. The lowest BCUT2D eigenvalue weighted by Crippen LogP contribution is -2.56. The van der Waals surface area contributed by atoms with Gasteiger partial charge < -0.3 is 10.1 Å². The van der Waals surface area contributed by atoms with Crippen LogP contribution in [0.3, 0.4) is 0 Å². The number of amides is 2. The third kappa shape index (κ3) is 7.24. The fourth-order valence-corrected chi connectivity index (χ4v) is 7.56. The Bertz CT molecular complexity index is 1080. The number of benzene rings is 2. The first kappa shape index (κ1) is 31.7. The number of hydrogen-bond donors (Lipinski definition) is 1. The van der Waals surface area contributed by atoms with E-state index in [-0.39, 0.29) is 47.4 Å². The molecule has 3 atom stereocenters. The van der Waals surface area contributed by atoms with Gasteiger partial charge in [-0.2, -0.15) is 0 Å². The van der Waals surface area contributed by atoms with Crippen LogP contribution in [0, 0.1) is 5.41 Å². The van der Waals surface area contributed by atoms with Gasteiger partial charge in [-0.1, -0.05) is 100 Å². The molecule has 2 aromatic rings. The number of nitrogens with one attached hydrogen (secondary N) is 1. The van der Waals surface area contributed by atoms with Gasteiger partial charge in [0.1, 0.15) is 6.10 Å². The van der Waals surface area contributed by atoms with Crippen LogP contribution in [0.25, 0.3) is 0 Å². The Morgan fingerprint density at radius 3 is 2.10 bits per heavy atom. The summed E-state index contributed by atoms with van der Waals surface area (Å²) in [5, 5.41) is 3.92. The second-order valence-electron chi connectivity index (χ2n) is 12.6. The molecule has 3 aliphatic rings. The molecule has 1 N–H and O–H groups in total. The van der Waals surface area contributed by atoms with E-state index in [1.807, 2.05) is 12.1 Å². The number of hydrogen-bond acceptors (Lipinski definition) is 4. The number of carbonyl (C=O) groups excluding carboxylic acids is 2. The predicted molar refractivity (Wildman–Crippen MR) is 167 cm³/mol. The highest BCUT2D eigenvalue weighted by Gasteiger charge is 2.49. The molecule has 3 fully saturated rings. The Morgan fingerprint density at radius 2 is 1.51 bits per heavy atom. The second kappa shape index (κ2) is 14.3. The van der Waals surface area contributed by atoms with Crippen molar-refractivity contribution in [3.05, 3.63) is 71.8 Å². The normalized spacial score (nSPS) is 25.4. The van der Waals surface area contributed by atoms with Crippen molar-refractivity contribution in [1.82, 2.24) is 10.2 Å². The number of imide groups is 1. The molecule has 224 valence electrons. The topological polar surface area (TPSA) is 58.6 Å². The van der Waals surface area contributed by atoms with Crippen LogP contribution in [0.4, 0.5) is 0 Å². The summed E-state index contributed by atoms with van der Waals surface area (Å²) >= 11 is 0. The van der Waals surface area contributed by atoms with Gasteiger partial charge in [0.05, 0.1) is 11.5 Å². The fraction of sp³-hybridized carbons (Fsp3) is 0.600. The zero-order valence-electron chi connectivity index (χ0n) is 25.0. The number of halogens is 1. The number of ether oxygens (including phenoxy) is 1. The number of nitrogens with zero attached hydrogens (tertiary/aromatic N) is 1. The number of carbonyl (C=O) groups is 2. The van der Waals surface area contributed by atoms with Gasteiger partial charge in [0.15, 0.2) is 0 Å². The number of unbranched alkanes of at least 4 members (excludes halogenated alkanes) is 2. The minimum absolute atomic E-state index is 0. The van der Waals surface area contributed by atoms with Crippen molar-refractivity contribution in [2.75, 3.05) is 6.54 Å². The van der Waals surface area contributed by atoms with Gasteiger partial charge in [-0.15, -0.1) is 12.4 Å². The molecule has 3 aliphatic heterocycles. The van der Waals surface area contributed by atoms with E-state index in [0.29, 0.717) is 19.0 Å². The van der Waals surface area contributed by atoms with Crippen molar-refractivity contribution in [3.63, 3.8) is 0 Å². The van der Waals surface area contributed by atoms with Crippen LogP contribution in [0.2, 0.25) is 0 Å². The summed E-state index contributed by atoms with van der Waals surface area (Å²) in [5.74, 6) is 0.129. The molecule has 2 amide bonds. The van der Waals surface area contributed by atoms with Gasteiger partial charge in [0, 0.05) is 24.5 Å². The Morgan fingerprint density at radius 1 is 0.902 bits per heavy atom. The maximum absolute atomic E-state index is 13.9. The molecular weight excluding hydrogens is 532 g/mol. The van der Waals surface area contributed by atoms with Crippen LogP contribution in [-0.4, -0.2) is 40.9 Å². The van der Waals surface area contributed by atoms with Crippen molar-refractivity contribution in [2.24, 2.45) is 5.41 Å². The molecule has 41 heavy (non-hydrogen) atoms. The molecule has 5 nitrogen and oxygen atoms in total. The Kier molecular flexibility index (Phi) is 11.1. The van der Waals surface area contributed by atoms with Crippen molar-refractivity contribution in [1.29, 1.82) is 0 Å². The molecule has 0 aromatic heterocycles. The minimum Gasteiger partial charge on any atom is -0.365 e. The molecule has 6 heteroatoms. The van der Waals surface area contributed by atoms with E-state index in [0.717, 1.165) is 77.0 Å². The Labute approximate surface area is 253 Å². The van der Waals surface area contributed by atoms with E-state index in [4.69, 9.17) is 4.74 Å². The van der Waals surface area contributed by atoms with Gasteiger partial charge in [0.25, 0.3) is 0 Å². The summed E-state index contributed by atoms with van der Waals surface area (Å²) in [6.07, 6.45) is 12.2. The number of fused-ring (bicyclic) bond motifs is 2. The van der Waals surface area contributed by atoms with E-state index in [2.05, 4.69) is 67.7 Å². The van der Waals surface area contributed by atoms with E-state index in [1.165, 1.54) is 11.1 Å². The molecule has 0 saturated carbocycles. The minimum atomic E-state index is -0.347. The smallest absolute Gasteiger partial charge is 0.235 e. The summed E-state index contributed by atoms with van der Waals surface area (Å²) in [7, 11) is 0. The average molecular weight is 581 g/mol. The highest BCUT2D eigenvalue weighted by Crippen LogP contribution is 2.44. The lowest BCUT2D eigenvalue weighted by Gasteiger charge is -2.44. The number of piperidine rings is 2. The van der Waals surface area contributed by atoms with Crippen molar-refractivity contribution in [3.8, 4) is 0 Å². The number of likely N-dealkylation sites (tertiary alicyclic amines) is 1. The van der Waals surface area contributed by atoms with Crippen molar-refractivity contribution >= 4 is 24.2 Å². The summed E-state index contributed by atoms with van der Waals surface area (Å²) in [4.78, 5) is 28.7. The quantitative estimate of drug-likeness (QED) is 0.246. The van der Waals surface area contributed by atoms with E-state index < -0.39 is 0 Å². The molecule has 3 unspecified atom stereocenters. The molecule has 3 heterocycles. The molecule has 0 radical (unpaired) electrons. The third-order valence-corrected chi connectivity index (χ3v) is 9.83. The zero-order chi connectivity index (χ0) is 28.0. The molecular formula is C35H49ClN2O3. The maximum atomic E-state index is 13.9. The largest absolute Gasteiger partial charge is 0.365 e. The first-order valence-electron chi connectivity index (χ1n) is 15.9. The van der Waals surface area contributed by atoms with E-state index in [9.17, 15) is 9.59 Å². The Balaban J connectivity index is 0.00000387. The van der Waals surface area contributed by atoms with Gasteiger partial charge >= 0.3 is 0 Å². The molecule has 0 aliphatic carbocycles. The van der Waals surface area contributed by atoms with Crippen LogP contribution in [-0.2, 0) is 14.3 Å². The van der Waals surface area contributed by atoms with Gasteiger partial charge in [-0.05, 0) is 62.5 Å². The molecule has 3 saturated heterocycles. The predicted octanol–water partition coefficient (Wildman–Crippen LogP) is 7.77. The highest BCUT2D eigenvalue weighted by atomic mass is 35.5.